The molecule has 4 amide bonds. The first-order valence-electron chi connectivity index (χ1n) is 13.9. The van der Waals surface area contributed by atoms with Crippen molar-refractivity contribution in [1.82, 2.24) is 15.5 Å². The van der Waals surface area contributed by atoms with Crippen molar-refractivity contribution in [3.05, 3.63) is 52.5 Å². The van der Waals surface area contributed by atoms with Gasteiger partial charge in [-0.3, -0.25) is 14.9 Å². The summed E-state index contributed by atoms with van der Waals surface area (Å²) in [5, 5.41) is 18.5. The third kappa shape index (κ3) is 6.35. The van der Waals surface area contributed by atoms with Gasteiger partial charge in [0.15, 0.2) is 5.82 Å². The van der Waals surface area contributed by atoms with Crippen molar-refractivity contribution in [2.24, 2.45) is 0 Å². The van der Waals surface area contributed by atoms with Crippen LogP contribution in [0.2, 0.25) is 0 Å². The number of hydrogen-bond acceptors (Lipinski definition) is 6. The van der Waals surface area contributed by atoms with Gasteiger partial charge >= 0.3 is 6.03 Å². The summed E-state index contributed by atoms with van der Waals surface area (Å²) in [4.78, 5) is 41.3. The van der Waals surface area contributed by atoms with Crippen molar-refractivity contribution in [2.75, 3.05) is 27.8 Å². The van der Waals surface area contributed by atoms with Crippen LogP contribution in [0.3, 0.4) is 0 Å². The van der Waals surface area contributed by atoms with Gasteiger partial charge in [-0.25, -0.2) is 4.79 Å². The summed E-state index contributed by atoms with van der Waals surface area (Å²) in [6.45, 7) is 10.0. The Morgan fingerprint density at radius 1 is 1.10 bits per heavy atom. The number of nitrogens with one attached hydrogen (secondary N) is 6. The van der Waals surface area contributed by atoms with E-state index in [4.69, 9.17) is 4.52 Å². The molecule has 11 nitrogen and oxygen atoms in total. The number of aromatic nitrogens is 2. The van der Waals surface area contributed by atoms with Crippen molar-refractivity contribution < 1.29 is 18.9 Å². The van der Waals surface area contributed by atoms with E-state index in [0.717, 1.165) is 35.5 Å². The Morgan fingerprint density at radius 3 is 2.56 bits per heavy atom. The molecule has 1 aliphatic carbocycles. The SMILES string of the molecule is Cc1[nH]c(/C=C2\C(=O)Nc3cc(NC(=O)Nc4cc(C(C)(C)C)on4)ccc32)c(C)c1NC(=O)CNC1CCCC1. The Balaban J connectivity index is 1.26. The fraction of sp³-hybridized carbons (Fsp3) is 0.400. The first-order chi connectivity index (χ1) is 19.5. The van der Waals surface area contributed by atoms with Crippen LogP contribution in [-0.4, -0.2) is 40.6 Å². The molecule has 1 aliphatic heterocycles. The third-order valence-electron chi connectivity index (χ3n) is 7.49. The van der Waals surface area contributed by atoms with Crippen LogP contribution < -0.4 is 26.6 Å². The Labute approximate surface area is 238 Å². The van der Waals surface area contributed by atoms with Crippen LogP contribution in [0, 0.1) is 13.8 Å². The Bertz CT molecular complexity index is 1520. The van der Waals surface area contributed by atoms with Gasteiger partial charge in [0.05, 0.1) is 23.5 Å². The van der Waals surface area contributed by atoms with Crippen LogP contribution >= 0.6 is 0 Å². The second kappa shape index (κ2) is 11.2. The van der Waals surface area contributed by atoms with Crippen LogP contribution in [0.5, 0.6) is 0 Å². The fourth-order valence-electron chi connectivity index (χ4n) is 5.18. The number of urea groups is 1. The van der Waals surface area contributed by atoms with E-state index in [0.29, 0.717) is 40.1 Å². The van der Waals surface area contributed by atoms with E-state index in [9.17, 15) is 14.4 Å². The average Bonchev–Trinajstić information content (AvgIpc) is 3.69. The molecule has 6 N–H and O–H groups in total. The predicted molar refractivity (Wildman–Crippen MR) is 160 cm³/mol. The van der Waals surface area contributed by atoms with Crippen molar-refractivity contribution in [2.45, 2.75) is 71.8 Å². The van der Waals surface area contributed by atoms with Gasteiger partial charge in [-0.15, -0.1) is 0 Å². The lowest BCUT2D eigenvalue weighted by Crippen LogP contribution is -2.34. The minimum absolute atomic E-state index is 0.0903. The van der Waals surface area contributed by atoms with Crippen LogP contribution in [-0.2, 0) is 15.0 Å². The van der Waals surface area contributed by atoms with E-state index in [1.807, 2.05) is 34.6 Å². The smallest absolute Gasteiger partial charge is 0.324 e. The summed E-state index contributed by atoms with van der Waals surface area (Å²) in [5.41, 5.74) is 5.19. The lowest BCUT2D eigenvalue weighted by atomic mass is 9.93. The lowest BCUT2D eigenvalue weighted by molar-refractivity contribution is -0.115. The van der Waals surface area contributed by atoms with E-state index in [2.05, 4.69) is 36.7 Å². The van der Waals surface area contributed by atoms with E-state index in [-0.39, 0.29) is 23.8 Å². The van der Waals surface area contributed by atoms with Gasteiger partial charge < -0.3 is 30.8 Å². The largest absolute Gasteiger partial charge is 0.359 e. The van der Waals surface area contributed by atoms with Gasteiger partial charge in [-0.2, -0.15) is 0 Å². The number of aryl methyl sites for hydroxylation is 1. The highest BCUT2D eigenvalue weighted by molar-refractivity contribution is 6.35. The number of carbonyl (C=O) groups excluding carboxylic acids is 3. The molecule has 1 aromatic carbocycles. The Kier molecular flexibility index (Phi) is 7.72. The van der Waals surface area contributed by atoms with Crippen molar-refractivity contribution in [1.29, 1.82) is 0 Å². The monoisotopic (exact) mass is 559 g/mol. The molecule has 3 aromatic rings. The van der Waals surface area contributed by atoms with Gasteiger partial charge in [0, 0.05) is 40.2 Å². The quantitative estimate of drug-likeness (QED) is 0.210. The number of nitrogens with zero attached hydrogens (tertiary/aromatic N) is 1. The van der Waals surface area contributed by atoms with Crippen molar-refractivity contribution in [3.8, 4) is 0 Å². The lowest BCUT2D eigenvalue weighted by Gasteiger charge is -2.12. The van der Waals surface area contributed by atoms with Crippen LogP contribution in [0.1, 0.15) is 74.7 Å². The highest BCUT2D eigenvalue weighted by Gasteiger charge is 2.26. The first kappa shape index (κ1) is 28.2. The van der Waals surface area contributed by atoms with Gasteiger partial charge in [0.1, 0.15) is 5.76 Å². The minimum atomic E-state index is -0.482. The molecule has 0 radical (unpaired) electrons. The van der Waals surface area contributed by atoms with E-state index in [1.165, 1.54) is 12.8 Å². The van der Waals surface area contributed by atoms with E-state index < -0.39 is 6.03 Å². The molecular weight excluding hydrogens is 522 g/mol. The second-order valence-corrected chi connectivity index (χ2v) is 11.8. The maximum Gasteiger partial charge on any atom is 0.324 e. The number of hydrogen-bond donors (Lipinski definition) is 6. The molecule has 0 unspecified atom stereocenters. The number of aromatic amines is 1. The molecule has 1 fully saturated rings. The molecule has 1 saturated carbocycles. The van der Waals surface area contributed by atoms with Crippen LogP contribution in [0.15, 0.2) is 28.8 Å². The third-order valence-corrected chi connectivity index (χ3v) is 7.49. The van der Waals surface area contributed by atoms with E-state index in [1.54, 1.807) is 30.3 Å². The van der Waals surface area contributed by atoms with Crippen molar-refractivity contribution >= 4 is 52.4 Å². The van der Waals surface area contributed by atoms with Gasteiger partial charge in [0.25, 0.3) is 5.91 Å². The number of fused-ring (bicyclic) bond motifs is 1. The maximum absolute atomic E-state index is 12.9. The minimum Gasteiger partial charge on any atom is -0.359 e. The molecule has 2 aliphatic rings. The molecule has 2 aromatic heterocycles. The molecule has 3 heterocycles. The first-order valence-corrected chi connectivity index (χ1v) is 13.9. The number of H-pyrrole nitrogens is 1. The Morgan fingerprint density at radius 2 is 1.85 bits per heavy atom. The topological polar surface area (TPSA) is 153 Å². The molecule has 0 atom stereocenters. The van der Waals surface area contributed by atoms with Crippen LogP contribution in [0.4, 0.5) is 27.7 Å². The highest BCUT2D eigenvalue weighted by Crippen LogP contribution is 2.36. The molecule has 216 valence electrons. The zero-order valence-electron chi connectivity index (χ0n) is 24.1. The number of amides is 4. The second-order valence-electron chi connectivity index (χ2n) is 11.8. The highest BCUT2D eigenvalue weighted by atomic mass is 16.5. The summed E-state index contributed by atoms with van der Waals surface area (Å²) in [7, 11) is 0. The zero-order chi connectivity index (χ0) is 29.3. The summed E-state index contributed by atoms with van der Waals surface area (Å²) >= 11 is 0. The molecule has 11 heteroatoms. The summed E-state index contributed by atoms with van der Waals surface area (Å²) < 4.78 is 5.31. The maximum atomic E-state index is 12.9. The van der Waals surface area contributed by atoms with Gasteiger partial charge in [-0.05, 0) is 50.5 Å². The molecule has 0 saturated heterocycles. The fourth-order valence-corrected chi connectivity index (χ4v) is 5.18. The van der Waals surface area contributed by atoms with Crippen molar-refractivity contribution in [3.63, 3.8) is 0 Å². The normalized spacial score (nSPS) is 16.1. The number of benzene rings is 1. The standard InChI is InChI=1S/C30H37N7O4/c1-16-22(32-17(2)27(16)36-26(38)15-31-18-8-6-7-9-18)13-21-20-11-10-19(12-23(20)34-28(21)39)33-29(40)35-25-14-24(41-37-25)30(3,4)5/h10-14,18,31-32H,6-9,15H2,1-5H3,(H,34,39)(H,36,38)(H2,33,35,37,40)/b21-13-. The summed E-state index contributed by atoms with van der Waals surface area (Å²) in [5.74, 6) is 0.625. The van der Waals surface area contributed by atoms with Gasteiger partial charge in [0.2, 0.25) is 5.91 Å². The Hall–Kier alpha value is -4.38. The zero-order valence-corrected chi connectivity index (χ0v) is 24.1. The summed E-state index contributed by atoms with van der Waals surface area (Å²) in [6.07, 6.45) is 6.43. The van der Waals surface area contributed by atoms with E-state index >= 15 is 0 Å². The average molecular weight is 560 g/mol. The predicted octanol–water partition coefficient (Wildman–Crippen LogP) is 5.52. The number of anilines is 4. The number of carbonyl (C=O) groups is 3. The molecule has 0 spiro atoms. The number of rotatable bonds is 7. The van der Waals surface area contributed by atoms with Crippen LogP contribution in [0.25, 0.3) is 11.6 Å². The molecule has 41 heavy (non-hydrogen) atoms. The molecular formula is C30H37N7O4. The molecule has 5 rings (SSSR count). The summed E-state index contributed by atoms with van der Waals surface area (Å²) in [6, 6.07) is 6.83. The van der Waals surface area contributed by atoms with Gasteiger partial charge in [-0.1, -0.05) is 44.8 Å². The molecule has 0 bridgehead atoms.